The second kappa shape index (κ2) is 6.25. The highest BCUT2D eigenvalue weighted by Crippen LogP contribution is 2.23. The fraction of sp³-hybridized carbons (Fsp3) is 0.286. The van der Waals surface area contributed by atoms with Gasteiger partial charge in [0.15, 0.2) is 0 Å². The van der Waals surface area contributed by atoms with Crippen molar-refractivity contribution in [2.75, 3.05) is 7.05 Å². The molecule has 2 aromatic heterocycles. The van der Waals surface area contributed by atoms with Gasteiger partial charge in [-0.05, 0) is 38.2 Å². The highest BCUT2D eigenvalue weighted by atomic mass is 35.5. The van der Waals surface area contributed by atoms with E-state index in [0.717, 1.165) is 11.4 Å². The van der Waals surface area contributed by atoms with E-state index in [1.807, 2.05) is 31.0 Å². The molecule has 114 valence electrons. The van der Waals surface area contributed by atoms with E-state index in [0.29, 0.717) is 23.3 Å². The van der Waals surface area contributed by atoms with Gasteiger partial charge in [0, 0.05) is 10.6 Å². The maximum absolute atomic E-state index is 5.88. The quantitative estimate of drug-likeness (QED) is 0.778. The Morgan fingerprint density at radius 1 is 1.32 bits per heavy atom. The van der Waals surface area contributed by atoms with Crippen LogP contribution in [0.3, 0.4) is 0 Å². The molecule has 1 aromatic carbocycles. The highest BCUT2D eigenvalue weighted by molar-refractivity contribution is 6.30. The molecule has 0 radical (unpaired) electrons. The summed E-state index contributed by atoms with van der Waals surface area (Å²) < 4.78 is 5.37. The Morgan fingerprint density at radius 3 is 2.77 bits per heavy atom. The van der Waals surface area contributed by atoms with E-state index >= 15 is 0 Å². The molecule has 1 N–H and O–H groups in total. The lowest BCUT2D eigenvalue weighted by Gasteiger charge is -2.19. The Morgan fingerprint density at radius 2 is 2.09 bits per heavy atom. The molecule has 3 aromatic rings. The third kappa shape index (κ3) is 3.15. The van der Waals surface area contributed by atoms with Gasteiger partial charge in [0.25, 0.3) is 0 Å². The van der Waals surface area contributed by atoms with Crippen LogP contribution in [0.4, 0.5) is 0 Å². The maximum Gasteiger partial charge on any atom is 0.244 e. The summed E-state index contributed by atoms with van der Waals surface area (Å²) in [5.41, 5.74) is 0.865. The fourth-order valence-electron chi connectivity index (χ4n) is 1.99. The standard InChI is InChI=1S/C14H15ClN6O/c1-9(21(2)7-12-16-8-17-19-12)14-18-13(20-22-14)10-3-5-11(15)6-4-10/h3-6,8-9H,7H2,1-2H3,(H,16,17,19). The zero-order chi connectivity index (χ0) is 15.5. The van der Waals surface area contributed by atoms with Gasteiger partial charge >= 0.3 is 0 Å². The lowest BCUT2D eigenvalue weighted by molar-refractivity contribution is 0.199. The van der Waals surface area contributed by atoms with Gasteiger partial charge in [-0.2, -0.15) is 10.1 Å². The first-order valence-electron chi connectivity index (χ1n) is 6.77. The molecule has 22 heavy (non-hydrogen) atoms. The second-order valence-electron chi connectivity index (χ2n) is 4.99. The topological polar surface area (TPSA) is 83.7 Å². The molecular formula is C14H15ClN6O. The van der Waals surface area contributed by atoms with Crippen LogP contribution in [0.2, 0.25) is 5.02 Å². The van der Waals surface area contributed by atoms with Gasteiger partial charge in [-0.3, -0.25) is 10.00 Å². The van der Waals surface area contributed by atoms with Crippen molar-refractivity contribution in [2.45, 2.75) is 19.5 Å². The minimum Gasteiger partial charge on any atom is -0.337 e. The molecular weight excluding hydrogens is 304 g/mol. The highest BCUT2D eigenvalue weighted by Gasteiger charge is 2.20. The van der Waals surface area contributed by atoms with Crippen LogP contribution in [-0.2, 0) is 6.54 Å². The number of benzene rings is 1. The zero-order valence-electron chi connectivity index (χ0n) is 12.2. The molecule has 0 aliphatic carbocycles. The number of hydrogen-bond donors (Lipinski definition) is 1. The average molecular weight is 319 g/mol. The summed E-state index contributed by atoms with van der Waals surface area (Å²) >= 11 is 5.88. The summed E-state index contributed by atoms with van der Waals surface area (Å²) in [7, 11) is 1.96. The third-order valence-electron chi connectivity index (χ3n) is 3.43. The van der Waals surface area contributed by atoms with Crippen molar-refractivity contribution in [1.82, 2.24) is 30.2 Å². The number of aromatic amines is 1. The van der Waals surface area contributed by atoms with Crippen molar-refractivity contribution >= 4 is 11.6 Å². The van der Waals surface area contributed by atoms with E-state index in [-0.39, 0.29) is 6.04 Å². The van der Waals surface area contributed by atoms with Crippen molar-refractivity contribution in [2.24, 2.45) is 0 Å². The summed E-state index contributed by atoms with van der Waals surface area (Å²) in [6.07, 6.45) is 1.49. The lowest BCUT2D eigenvalue weighted by atomic mass is 10.2. The predicted molar refractivity (Wildman–Crippen MR) is 81.0 cm³/mol. The summed E-state index contributed by atoms with van der Waals surface area (Å²) in [4.78, 5) is 10.6. The van der Waals surface area contributed by atoms with Crippen molar-refractivity contribution in [3.05, 3.63) is 47.3 Å². The Hall–Kier alpha value is -2.25. The van der Waals surface area contributed by atoms with Crippen molar-refractivity contribution in [3.8, 4) is 11.4 Å². The molecule has 1 atom stereocenters. The first-order chi connectivity index (χ1) is 10.6. The van der Waals surface area contributed by atoms with Gasteiger partial charge < -0.3 is 4.52 Å². The fourth-order valence-corrected chi connectivity index (χ4v) is 2.12. The first-order valence-corrected chi connectivity index (χ1v) is 7.15. The summed E-state index contributed by atoms with van der Waals surface area (Å²) in [6, 6.07) is 7.28. The van der Waals surface area contributed by atoms with E-state index in [9.17, 15) is 0 Å². The van der Waals surface area contributed by atoms with E-state index in [1.54, 1.807) is 12.1 Å². The molecule has 0 saturated heterocycles. The number of hydrogen-bond acceptors (Lipinski definition) is 6. The van der Waals surface area contributed by atoms with Gasteiger partial charge in [-0.15, -0.1) is 0 Å². The predicted octanol–water partition coefficient (Wildman–Crippen LogP) is 2.70. The molecule has 1 unspecified atom stereocenters. The van der Waals surface area contributed by atoms with Gasteiger partial charge in [-0.25, -0.2) is 4.98 Å². The number of aromatic nitrogens is 5. The average Bonchev–Trinajstić information content (AvgIpc) is 3.18. The van der Waals surface area contributed by atoms with Crippen LogP contribution in [0.5, 0.6) is 0 Å². The SMILES string of the molecule is CC(c1nc(-c2ccc(Cl)cc2)no1)N(C)Cc1ncn[nH]1. The van der Waals surface area contributed by atoms with E-state index in [2.05, 4.69) is 25.3 Å². The van der Waals surface area contributed by atoms with Crippen LogP contribution in [0.25, 0.3) is 11.4 Å². The maximum atomic E-state index is 5.88. The molecule has 2 heterocycles. The Labute approximate surface area is 132 Å². The lowest BCUT2D eigenvalue weighted by Crippen LogP contribution is -2.22. The minimum atomic E-state index is -0.0429. The van der Waals surface area contributed by atoms with Crippen LogP contribution in [0, 0.1) is 0 Å². The number of nitrogens with one attached hydrogen (secondary N) is 1. The third-order valence-corrected chi connectivity index (χ3v) is 3.68. The zero-order valence-corrected chi connectivity index (χ0v) is 12.9. The normalized spacial score (nSPS) is 12.7. The molecule has 0 aliphatic rings. The molecule has 8 heteroatoms. The van der Waals surface area contributed by atoms with Crippen LogP contribution >= 0.6 is 11.6 Å². The second-order valence-corrected chi connectivity index (χ2v) is 5.42. The molecule has 0 aliphatic heterocycles. The summed E-state index contributed by atoms with van der Waals surface area (Å²) in [5, 5.41) is 11.4. The number of rotatable bonds is 5. The number of halogens is 1. The van der Waals surface area contributed by atoms with E-state index < -0.39 is 0 Å². The van der Waals surface area contributed by atoms with Crippen LogP contribution in [0.1, 0.15) is 24.7 Å². The molecule has 7 nitrogen and oxygen atoms in total. The van der Waals surface area contributed by atoms with Crippen LogP contribution in [-0.4, -0.2) is 37.3 Å². The largest absolute Gasteiger partial charge is 0.337 e. The Bertz CT molecular complexity index is 724. The van der Waals surface area contributed by atoms with E-state index in [1.165, 1.54) is 6.33 Å². The number of nitrogens with zero attached hydrogens (tertiary/aromatic N) is 5. The molecule has 0 fully saturated rings. The van der Waals surface area contributed by atoms with Crippen molar-refractivity contribution in [3.63, 3.8) is 0 Å². The van der Waals surface area contributed by atoms with Gasteiger partial charge in [-0.1, -0.05) is 16.8 Å². The minimum absolute atomic E-state index is 0.0429. The molecule has 0 amide bonds. The molecule has 0 spiro atoms. The van der Waals surface area contributed by atoms with Gasteiger partial charge in [0.1, 0.15) is 12.2 Å². The molecule has 0 saturated carbocycles. The number of H-pyrrole nitrogens is 1. The van der Waals surface area contributed by atoms with Crippen molar-refractivity contribution < 1.29 is 4.52 Å². The summed E-state index contributed by atoms with van der Waals surface area (Å²) in [5.74, 6) is 1.88. The Kier molecular flexibility index (Phi) is 4.17. The van der Waals surface area contributed by atoms with Crippen LogP contribution in [0.15, 0.2) is 35.1 Å². The van der Waals surface area contributed by atoms with Gasteiger partial charge in [0.2, 0.25) is 11.7 Å². The Balaban J connectivity index is 1.73. The summed E-state index contributed by atoms with van der Waals surface area (Å²) in [6.45, 7) is 2.61. The molecule has 3 rings (SSSR count). The van der Waals surface area contributed by atoms with Crippen LogP contribution < -0.4 is 0 Å². The monoisotopic (exact) mass is 318 g/mol. The molecule has 0 bridgehead atoms. The van der Waals surface area contributed by atoms with Crippen molar-refractivity contribution in [1.29, 1.82) is 0 Å². The first kappa shape index (κ1) is 14.7. The smallest absolute Gasteiger partial charge is 0.244 e. The van der Waals surface area contributed by atoms with Gasteiger partial charge in [0.05, 0.1) is 12.6 Å². The van der Waals surface area contributed by atoms with E-state index in [4.69, 9.17) is 16.1 Å².